The highest BCUT2D eigenvalue weighted by atomic mass is 16.4. The van der Waals surface area contributed by atoms with Gasteiger partial charge in [-0.3, -0.25) is 0 Å². The van der Waals surface area contributed by atoms with Gasteiger partial charge in [-0.15, -0.1) is 0 Å². The summed E-state index contributed by atoms with van der Waals surface area (Å²) in [5.74, 6) is -1.94. The molecule has 0 saturated heterocycles. The van der Waals surface area contributed by atoms with Crippen LogP contribution in [-0.2, 0) is 0 Å². The highest BCUT2D eigenvalue weighted by molar-refractivity contribution is 5.93. The minimum Gasteiger partial charge on any atom is -0.478 e. The zero-order valence-corrected chi connectivity index (χ0v) is 11.2. The van der Waals surface area contributed by atoms with Crippen LogP contribution >= 0.6 is 0 Å². The molecule has 0 atom stereocenters. The fourth-order valence-corrected chi connectivity index (χ4v) is 2.26. The maximum Gasteiger partial charge on any atom is 0.335 e. The molecule has 0 aliphatic rings. The first kappa shape index (κ1) is 13.8. The molecule has 0 spiro atoms. The first-order chi connectivity index (χ1) is 9.41. The summed E-state index contributed by atoms with van der Waals surface area (Å²) in [4.78, 5) is 22.1. The molecule has 20 heavy (non-hydrogen) atoms. The molecular weight excluding hydrogens is 256 g/mol. The minimum atomic E-state index is -0.976. The van der Waals surface area contributed by atoms with Crippen LogP contribution in [0.15, 0.2) is 36.4 Å². The number of carboxylic acid groups (broad SMARTS) is 2. The summed E-state index contributed by atoms with van der Waals surface area (Å²) in [7, 11) is 0. The van der Waals surface area contributed by atoms with Gasteiger partial charge in [0.25, 0.3) is 0 Å². The zero-order chi connectivity index (χ0) is 14.9. The molecule has 2 aromatic rings. The number of aryl methyl sites for hydroxylation is 1. The molecule has 0 saturated carbocycles. The van der Waals surface area contributed by atoms with Gasteiger partial charge in [0.15, 0.2) is 0 Å². The Morgan fingerprint density at radius 1 is 0.900 bits per heavy atom. The standard InChI is InChI=1S/C16H14O4/c1-9-8-11(15(17)18)6-7-12(9)13-4-3-5-14(10(13)2)16(19)20/h3-8H,1-2H3,(H,17,18)(H,19,20). The van der Waals surface area contributed by atoms with Gasteiger partial charge in [-0.05, 0) is 54.3 Å². The highest BCUT2D eigenvalue weighted by Crippen LogP contribution is 2.29. The lowest BCUT2D eigenvalue weighted by atomic mass is 9.92. The monoisotopic (exact) mass is 270 g/mol. The van der Waals surface area contributed by atoms with E-state index < -0.39 is 11.9 Å². The molecule has 0 bridgehead atoms. The first-order valence-electron chi connectivity index (χ1n) is 6.09. The summed E-state index contributed by atoms with van der Waals surface area (Å²) in [6, 6.07) is 9.91. The van der Waals surface area contributed by atoms with Crippen molar-refractivity contribution < 1.29 is 19.8 Å². The van der Waals surface area contributed by atoms with Gasteiger partial charge in [0.05, 0.1) is 11.1 Å². The number of benzene rings is 2. The van der Waals surface area contributed by atoms with Crippen molar-refractivity contribution in [3.8, 4) is 11.1 Å². The zero-order valence-electron chi connectivity index (χ0n) is 11.2. The van der Waals surface area contributed by atoms with Gasteiger partial charge in [-0.1, -0.05) is 18.2 Å². The molecule has 0 aliphatic carbocycles. The second kappa shape index (κ2) is 5.17. The minimum absolute atomic E-state index is 0.221. The van der Waals surface area contributed by atoms with Crippen LogP contribution in [0.2, 0.25) is 0 Å². The Balaban J connectivity index is 2.60. The Kier molecular flexibility index (Phi) is 3.57. The van der Waals surface area contributed by atoms with E-state index in [2.05, 4.69) is 0 Å². The first-order valence-corrected chi connectivity index (χ1v) is 6.09. The van der Waals surface area contributed by atoms with Crippen LogP contribution in [0.5, 0.6) is 0 Å². The Labute approximate surface area is 116 Å². The Hall–Kier alpha value is -2.62. The Morgan fingerprint density at radius 3 is 2.15 bits per heavy atom. The molecule has 0 fully saturated rings. The van der Waals surface area contributed by atoms with Crippen molar-refractivity contribution in [3.63, 3.8) is 0 Å². The van der Waals surface area contributed by atoms with E-state index in [9.17, 15) is 9.59 Å². The molecule has 4 nitrogen and oxygen atoms in total. The van der Waals surface area contributed by atoms with Crippen molar-refractivity contribution in [2.75, 3.05) is 0 Å². The van der Waals surface area contributed by atoms with Gasteiger partial charge >= 0.3 is 11.9 Å². The molecule has 102 valence electrons. The van der Waals surface area contributed by atoms with Gasteiger partial charge in [-0.2, -0.15) is 0 Å². The second-order valence-corrected chi connectivity index (χ2v) is 4.62. The molecule has 0 radical (unpaired) electrons. The largest absolute Gasteiger partial charge is 0.478 e. The van der Waals surface area contributed by atoms with Crippen LogP contribution in [-0.4, -0.2) is 22.2 Å². The molecule has 2 aromatic carbocycles. The van der Waals surface area contributed by atoms with E-state index in [4.69, 9.17) is 10.2 Å². The topological polar surface area (TPSA) is 74.6 Å². The predicted molar refractivity (Wildman–Crippen MR) is 75.3 cm³/mol. The van der Waals surface area contributed by atoms with Crippen LogP contribution in [0.25, 0.3) is 11.1 Å². The van der Waals surface area contributed by atoms with Crippen LogP contribution in [0, 0.1) is 13.8 Å². The lowest BCUT2D eigenvalue weighted by molar-refractivity contribution is 0.0685. The molecule has 0 heterocycles. The smallest absolute Gasteiger partial charge is 0.335 e. The number of carboxylic acids is 2. The summed E-state index contributed by atoms with van der Waals surface area (Å²) in [5, 5.41) is 18.1. The van der Waals surface area contributed by atoms with Crippen LogP contribution in [0.1, 0.15) is 31.8 Å². The lowest BCUT2D eigenvalue weighted by Gasteiger charge is -2.12. The number of carbonyl (C=O) groups is 2. The third-order valence-electron chi connectivity index (χ3n) is 3.33. The number of rotatable bonds is 3. The third kappa shape index (κ3) is 2.40. The normalized spacial score (nSPS) is 10.3. The van der Waals surface area contributed by atoms with E-state index in [1.54, 1.807) is 31.2 Å². The van der Waals surface area contributed by atoms with E-state index in [-0.39, 0.29) is 11.1 Å². The van der Waals surface area contributed by atoms with E-state index in [1.807, 2.05) is 13.0 Å². The van der Waals surface area contributed by atoms with E-state index in [0.717, 1.165) is 16.7 Å². The van der Waals surface area contributed by atoms with Crippen molar-refractivity contribution in [1.82, 2.24) is 0 Å². The summed E-state index contributed by atoms with van der Waals surface area (Å²) < 4.78 is 0. The molecule has 2 rings (SSSR count). The number of aromatic carboxylic acids is 2. The quantitative estimate of drug-likeness (QED) is 0.896. The van der Waals surface area contributed by atoms with Gasteiger partial charge in [0.1, 0.15) is 0 Å². The van der Waals surface area contributed by atoms with Crippen molar-refractivity contribution in [3.05, 3.63) is 58.7 Å². The van der Waals surface area contributed by atoms with Crippen LogP contribution in [0.3, 0.4) is 0 Å². The molecule has 0 amide bonds. The fraction of sp³-hybridized carbons (Fsp3) is 0.125. The van der Waals surface area contributed by atoms with Crippen LogP contribution < -0.4 is 0 Å². The van der Waals surface area contributed by atoms with Crippen molar-refractivity contribution in [1.29, 1.82) is 0 Å². The summed E-state index contributed by atoms with van der Waals surface area (Å²) in [6.45, 7) is 3.57. The van der Waals surface area contributed by atoms with Crippen LogP contribution in [0.4, 0.5) is 0 Å². The highest BCUT2D eigenvalue weighted by Gasteiger charge is 2.13. The average molecular weight is 270 g/mol. The number of hydrogen-bond donors (Lipinski definition) is 2. The maximum atomic E-state index is 11.2. The summed E-state index contributed by atoms with van der Waals surface area (Å²) in [5.41, 5.74) is 3.60. The molecular formula is C16H14O4. The molecule has 0 aliphatic heterocycles. The van der Waals surface area contributed by atoms with E-state index in [1.165, 1.54) is 6.07 Å². The predicted octanol–water partition coefficient (Wildman–Crippen LogP) is 3.37. The van der Waals surface area contributed by atoms with E-state index in [0.29, 0.717) is 5.56 Å². The fourth-order valence-electron chi connectivity index (χ4n) is 2.26. The molecule has 4 heteroatoms. The van der Waals surface area contributed by atoms with Gasteiger partial charge in [0.2, 0.25) is 0 Å². The summed E-state index contributed by atoms with van der Waals surface area (Å²) in [6.07, 6.45) is 0. The Morgan fingerprint density at radius 2 is 1.60 bits per heavy atom. The van der Waals surface area contributed by atoms with Gasteiger partial charge < -0.3 is 10.2 Å². The van der Waals surface area contributed by atoms with Crippen molar-refractivity contribution in [2.24, 2.45) is 0 Å². The van der Waals surface area contributed by atoms with Gasteiger partial charge in [0, 0.05) is 0 Å². The molecule has 2 N–H and O–H groups in total. The second-order valence-electron chi connectivity index (χ2n) is 4.62. The molecule has 0 aromatic heterocycles. The Bertz CT molecular complexity index is 702. The van der Waals surface area contributed by atoms with Crippen molar-refractivity contribution in [2.45, 2.75) is 13.8 Å². The van der Waals surface area contributed by atoms with Crippen molar-refractivity contribution >= 4 is 11.9 Å². The third-order valence-corrected chi connectivity index (χ3v) is 3.33. The van der Waals surface area contributed by atoms with E-state index >= 15 is 0 Å². The van der Waals surface area contributed by atoms with Gasteiger partial charge in [-0.25, -0.2) is 9.59 Å². The maximum absolute atomic E-state index is 11.2. The average Bonchev–Trinajstić information content (AvgIpc) is 2.39. The summed E-state index contributed by atoms with van der Waals surface area (Å²) >= 11 is 0. The number of hydrogen-bond acceptors (Lipinski definition) is 2. The molecule has 0 unspecified atom stereocenters. The lowest BCUT2D eigenvalue weighted by Crippen LogP contribution is -2.02. The SMILES string of the molecule is Cc1cc(C(=O)O)ccc1-c1cccc(C(=O)O)c1C.